The molecule has 1 N–H and O–H groups in total. The maximum Gasteiger partial charge on any atom is 0.425 e. The van der Waals surface area contributed by atoms with Crippen molar-refractivity contribution in [2.45, 2.75) is 38.5 Å². The first-order chi connectivity index (χ1) is 16.7. The highest BCUT2D eigenvalue weighted by Gasteiger charge is 2.48. The molecular weight excluding hydrogens is 483 g/mol. The van der Waals surface area contributed by atoms with E-state index in [2.05, 4.69) is 19.7 Å². The summed E-state index contributed by atoms with van der Waals surface area (Å²) in [6.07, 6.45) is -2.74. The van der Waals surface area contributed by atoms with E-state index < -0.39 is 34.1 Å². The number of piperidine rings is 1. The monoisotopic (exact) mass is 509 g/mol. The van der Waals surface area contributed by atoms with Crippen molar-refractivity contribution >= 4 is 32.6 Å². The molecule has 0 saturated carbocycles. The van der Waals surface area contributed by atoms with Gasteiger partial charge in [-0.2, -0.15) is 13.2 Å². The van der Waals surface area contributed by atoms with Crippen molar-refractivity contribution in [2.24, 2.45) is 5.92 Å². The molecule has 0 amide bonds. The summed E-state index contributed by atoms with van der Waals surface area (Å²) in [7, 11) is -3.84. The Morgan fingerprint density at radius 1 is 1.11 bits per heavy atom. The highest BCUT2D eigenvalue weighted by atomic mass is 32.2. The number of sulfonamides is 1. The normalized spacial score (nSPS) is 16.3. The SMILES string of the molecule is CCCS(=O)(=O)Nc1nc2ccccc2nc1OC(C1CCN(c2cccnc2)CC1)C(F)(F)F. The van der Waals surface area contributed by atoms with E-state index >= 15 is 0 Å². The van der Waals surface area contributed by atoms with Crippen LogP contribution in [0.4, 0.5) is 24.7 Å². The summed E-state index contributed by atoms with van der Waals surface area (Å²) < 4.78 is 75.0. The Bertz CT molecular complexity index is 1250. The third kappa shape index (κ3) is 6.11. The minimum absolute atomic E-state index is 0.212. The number of hydrogen-bond donors (Lipinski definition) is 1. The zero-order valence-corrected chi connectivity index (χ0v) is 19.9. The number of benzene rings is 1. The van der Waals surface area contributed by atoms with E-state index in [1.54, 1.807) is 49.6 Å². The molecule has 0 spiro atoms. The van der Waals surface area contributed by atoms with Gasteiger partial charge in [0.05, 0.1) is 28.7 Å². The topological polar surface area (TPSA) is 97.3 Å². The van der Waals surface area contributed by atoms with Crippen molar-refractivity contribution in [3.63, 3.8) is 0 Å². The Kier molecular flexibility index (Phi) is 7.29. The summed E-state index contributed by atoms with van der Waals surface area (Å²) in [5.41, 5.74) is 1.49. The van der Waals surface area contributed by atoms with Crippen LogP contribution in [-0.4, -0.2) is 54.5 Å². The second-order valence-electron chi connectivity index (χ2n) is 8.40. The Labute approximate surface area is 201 Å². The van der Waals surface area contributed by atoms with E-state index in [0.29, 0.717) is 30.5 Å². The Morgan fingerprint density at radius 2 is 1.80 bits per heavy atom. The van der Waals surface area contributed by atoms with E-state index in [1.807, 2.05) is 11.0 Å². The molecule has 12 heteroatoms. The number of para-hydroxylation sites is 2. The fourth-order valence-electron chi connectivity index (χ4n) is 4.15. The first kappa shape index (κ1) is 25.0. The Morgan fingerprint density at radius 3 is 2.40 bits per heavy atom. The van der Waals surface area contributed by atoms with Gasteiger partial charge in [0.15, 0.2) is 6.10 Å². The second kappa shape index (κ2) is 10.2. The van der Waals surface area contributed by atoms with Crippen molar-refractivity contribution in [3.8, 4) is 5.88 Å². The number of halogens is 3. The number of nitrogens with one attached hydrogen (secondary N) is 1. The zero-order valence-electron chi connectivity index (χ0n) is 19.1. The number of rotatable bonds is 8. The van der Waals surface area contributed by atoms with Crippen LogP contribution in [0.2, 0.25) is 0 Å². The van der Waals surface area contributed by atoms with Gasteiger partial charge in [-0.25, -0.2) is 18.4 Å². The molecule has 0 aliphatic carbocycles. The summed E-state index contributed by atoms with van der Waals surface area (Å²) >= 11 is 0. The fourth-order valence-corrected chi connectivity index (χ4v) is 5.22. The van der Waals surface area contributed by atoms with Crippen LogP contribution in [0.15, 0.2) is 48.8 Å². The molecule has 3 aromatic rings. The van der Waals surface area contributed by atoms with Gasteiger partial charge in [0.25, 0.3) is 5.88 Å². The molecule has 1 unspecified atom stereocenters. The van der Waals surface area contributed by atoms with Crippen LogP contribution < -0.4 is 14.4 Å². The molecular formula is C23H26F3N5O3S. The number of fused-ring (bicyclic) bond motifs is 1. The number of hydrogen-bond acceptors (Lipinski definition) is 7. The van der Waals surface area contributed by atoms with Crippen molar-refractivity contribution in [1.82, 2.24) is 15.0 Å². The highest BCUT2D eigenvalue weighted by molar-refractivity contribution is 7.92. The van der Waals surface area contributed by atoms with Gasteiger partial charge in [-0.1, -0.05) is 19.1 Å². The van der Waals surface area contributed by atoms with Crippen molar-refractivity contribution in [3.05, 3.63) is 48.8 Å². The predicted octanol–water partition coefficient (Wildman–Crippen LogP) is 4.40. The lowest BCUT2D eigenvalue weighted by atomic mass is 9.90. The van der Waals surface area contributed by atoms with Crippen LogP contribution in [0.3, 0.4) is 0 Å². The quantitative estimate of drug-likeness (QED) is 0.481. The fraction of sp³-hybridized carbons (Fsp3) is 0.435. The van der Waals surface area contributed by atoms with Gasteiger partial charge >= 0.3 is 6.18 Å². The van der Waals surface area contributed by atoms with Crippen LogP contribution in [-0.2, 0) is 10.0 Å². The Hall–Kier alpha value is -3.15. The molecule has 2 aromatic heterocycles. The molecule has 1 aliphatic heterocycles. The maximum atomic E-state index is 14.2. The van der Waals surface area contributed by atoms with E-state index in [4.69, 9.17) is 4.74 Å². The number of anilines is 2. The Balaban J connectivity index is 1.61. The number of nitrogens with zero attached hydrogens (tertiary/aromatic N) is 4. The zero-order chi connectivity index (χ0) is 25.1. The average molecular weight is 510 g/mol. The first-order valence-corrected chi connectivity index (χ1v) is 13.0. The van der Waals surface area contributed by atoms with Gasteiger partial charge in [-0.15, -0.1) is 0 Å². The van der Waals surface area contributed by atoms with Gasteiger partial charge in [-0.3, -0.25) is 9.71 Å². The van der Waals surface area contributed by atoms with Crippen LogP contribution in [0.25, 0.3) is 11.0 Å². The summed E-state index contributed by atoms with van der Waals surface area (Å²) in [6, 6.07) is 10.2. The molecule has 1 atom stereocenters. The highest BCUT2D eigenvalue weighted by Crippen LogP contribution is 2.37. The molecule has 8 nitrogen and oxygen atoms in total. The third-order valence-corrected chi connectivity index (χ3v) is 7.25. The number of ether oxygens (including phenoxy) is 1. The number of pyridine rings is 1. The smallest absolute Gasteiger partial charge is 0.425 e. The lowest BCUT2D eigenvalue weighted by Gasteiger charge is -2.37. The molecule has 188 valence electrons. The maximum absolute atomic E-state index is 14.2. The number of alkyl halides is 3. The van der Waals surface area contributed by atoms with E-state index in [9.17, 15) is 21.6 Å². The summed E-state index contributed by atoms with van der Waals surface area (Å²) in [6.45, 7) is 2.50. The van der Waals surface area contributed by atoms with Crippen LogP contribution in [0, 0.1) is 5.92 Å². The standard InChI is InChI=1S/C23H26F3N5O3S/c1-2-14-35(32,33)30-21-22(29-19-8-4-3-7-18(19)28-21)34-20(23(24,25)26)16-9-12-31(13-10-16)17-6-5-11-27-15-17/h3-8,11,15-16,20H,2,9-10,12-14H2,1H3,(H,28,30). The van der Waals surface area contributed by atoms with Crippen LogP contribution in [0.1, 0.15) is 26.2 Å². The summed E-state index contributed by atoms with van der Waals surface area (Å²) in [4.78, 5) is 14.5. The summed E-state index contributed by atoms with van der Waals surface area (Å²) in [5, 5.41) is 0. The van der Waals surface area contributed by atoms with Crippen LogP contribution >= 0.6 is 0 Å². The molecule has 1 fully saturated rings. The predicted molar refractivity (Wildman–Crippen MR) is 127 cm³/mol. The lowest BCUT2D eigenvalue weighted by molar-refractivity contribution is -0.212. The van der Waals surface area contributed by atoms with Crippen LogP contribution in [0.5, 0.6) is 5.88 Å². The van der Waals surface area contributed by atoms with Gasteiger partial charge in [0, 0.05) is 25.2 Å². The van der Waals surface area contributed by atoms with Crippen molar-refractivity contribution in [2.75, 3.05) is 28.5 Å². The van der Waals surface area contributed by atoms with E-state index in [0.717, 1.165) is 5.69 Å². The van der Waals surface area contributed by atoms with Crippen molar-refractivity contribution < 1.29 is 26.3 Å². The average Bonchev–Trinajstić information content (AvgIpc) is 2.82. The number of aromatic nitrogens is 3. The molecule has 0 radical (unpaired) electrons. The molecule has 0 bridgehead atoms. The molecule has 4 rings (SSSR count). The first-order valence-electron chi connectivity index (χ1n) is 11.3. The molecule has 3 heterocycles. The molecule has 1 aromatic carbocycles. The van der Waals surface area contributed by atoms with Gasteiger partial charge in [-0.05, 0) is 43.5 Å². The lowest BCUT2D eigenvalue weighted by Crippen LogP contribution is -2.46. The molecule has 1 saturated heterocycles. The summed E-state index contributed by atoms with van der Waals surface area (Å²) in [5.74, 6) is -1.88. The van der Waals surface area contributed by atoms with Crippen molar-refractivity contribution in [1.29, 1.82) is 0 Å². The largest absolute Gasteiger partial charge is 0.462 e. The van der Waals surface area contributed by atoms with Gasteiger partial charge in [0.2, 0.25) is 15.8 Å². The van der Waals surface area contributed by atoms with Gasteiger partial charge < -0.3 is 9.64 Å². The van der Waals surface area contributed by atoms with E-state index in [-0.39, 0.29) is 24.4 Å². The second-order valence-corrected chi connectivity index (χ2v) is 10.2. The molecule has 35 heavy (non-hydrogen) atoms. The third-order valence-electron chi connectivity index (χ3n) is 5.80. The van der Waals surface area contributed by atoms with Gasteiger partial charge in [0.1, 0.15) is 0 Å². The minimum Gasteiger partial charge on any atom is -0.462 e. The minimum atomic E-state index is -4.69. The molecule has 1 aliphatic rings. The van der Waals surface area contributed by atoms with E-state index in [1.165, 1.54) is 0 Å².